The third-order valence-corrected chi connectivity index (χ3v) is 2.39. The van der Waals surface area contributed by atoms with Crippen LogP contribution in [0, 0.1) is 0 Å². The summed E-state index contributed by atoms with van der Waals surface area (Å²) < 4.78 is 5.16. The standard InChI is InChI=1S/C10H15NO4/c1-15-8-3-2-6-11(7-8)9(12)4-5-10(13)14/h4-5,8H,2-3,6-7H2,1H3,(H,13,14)/b5-4+/t8-/m1/s1. The highest BCUT2D eigenvalue weighted by Crippen LogP contribution is 2.12. The lowest BCUT2D eigenvalue weighted by atomic mass is 10.1. The van der Waals surface area contributed by atoms with Crippen molar-refractivity contribution in [2.45, 2.75) is 18.9 Å². The molecule has 1 fully saturated rings. The number of ether oxygens (including phenoxy) is 1. The average molecular weight is 213 g/mol. The van der Waals surface area contributed by atoms with Gasteiger partial charge in [0.2, 0.25) is 5.91 Å². The van der Waals surface area contributed by atoms with Crippen molar-refractivity contribution in [3.05, 3.63) is 12.2 Å². The molecule has 0 aromatic heterocycles. The summed E-state index contributed by atoms with van der Waals surface area (Å²) in [4.78, 5) is 23.3. The zero-order valence-electron chi connectivity index (χ0n) is 8.68. The van der Waals surface area contributed by atoms with E-state index in [1.54, 1.807) is 12.0 Å². The molecule has 0 aromatic carbocycles. The van der Waals surface area contributed by atoms with E-state index in [9.17, 15) is 9.59 Å². The predicted octanol–water partition coefficient (Wildman–Crippen LogP) is 0.265. The van der Waals surface area contributed by atoms with E-state index in [4.69, 9.17) is 9.84 Å². The van der Waals surface area contributed by atoms with Crippen molar-refractivity contribution in [1.82, 2.24) is 4.90 Å². The summed E-state index contributed by atoms with van der Waals surface area (Å²) in [5.41, 5.74) is 0. The van der Waals surface area contributed by atoms with Gasteiger partial charge in [-0.1, -0.05) is 0 Å². The number of amides is 1. The number of carbonyl (C=O) groups is 2. The van der Waals surface area contributed by atoms with E-state index >= 15 is 0 Å². The van der Waals surface area contributed by atoms with Gasteiger partial charge in [0, 0.05) is 32.4 Å². The minimum Gasteiger partial charge on any atom is -0.478 e. The highest BCUT2D eigenvalue weighted by Gasteiger charge is 2.21. The van der Waals surface area contributed by atoms with E-state index in [1.807, 2.05) is 0 Å². The summed E-state index contributed by atoms with van der Waals surface area (Å²) in [7, 11) is 1.62. The van der Waals surface area contributed by atoms with Crippen molar-refractivity contribution >= 4 is 11.9 Å². The molecule has 0 aromatic rings. The van der Waals surface area contributed by atoms with Crippen LogP contribution in [0.2, 0.25) is 0 Å². The molecule has 1 N–H and O–H groups in total. The van der Waals surface area contributed by atoms with Crippen LogP contribution in [0.3, 0.4) is 0 Å². The first-order valence-electron chi connectivity index (χ1n) is 4.86. The Bertz CT molecular complexity index is 275. The van der Waals surface area contributed by atoms with Crippen LogP contribution in [-0.2, 0) is 14.3 Å². The van der Waals surface area contributed by atoms with Crippen molar-refractivity contribution in [3.63, 3.8) is 0 Å². The number of carboxylic acids is 1. The second-order valence-electron chi connectivity index (χ2n) is 3.46. The zero-order valence-corrected chi connectivity index (χ0v) is 8.68. The van der Waals surface area contributed by atoms with Crippen LogP contribution in [-0.4, -0.2) is 48.2 Å². The highest BCUT2D eigenvalue weighted by atomic mass is 16.5. The van der Waals surface area contributed by atoms with Crippen molar-refractivity contribution in [1.29, 1.82) is 0 Å². The van der Waals surface area contributed by atoms with Gasteiger partial charge in [0.1, 0.15) is 0 Å². The average Bonchev–Trinajstić information content (AvgIpc) is 2.26. The smallest absolute Gasteiger partial charge is 0.328 e. The molecule has 0 unspecified atom stereocenters. The summed E-state index contributed by atoms with van der Waals surface area (Å²) in [6, 6.07) is 0. The number of nitrogens with zero attached hydrogens (tertiary/aromatic N) is 1. The number of carboxylic acid groups (broad SMARTS) is 1. The molecule has 84 valence electrons. The summed E-state index contributed by atoms with van der Waals surface area (Å²) in [5.74, 6) is -1.37. The minimum absolute atomic E-state index is 0.0703. The van der Waals surface area contributed by atoms with E-state index in [2.05, 4.69) is 0 Å². The highest BCUT2D eigenvalue weighted by molar-refractivity contribution is 5.93. The van der Waals surface area contributed by atoms with Gasteiger partial charge >= 0.3 is 5.97 Å². The molecule has 5 nitrogen and oxygen atoms in total. The topological polar surface area (TPSA) is 66.8 Å². The second-order valence-corrected chi connectivity index (χ2v) is 3.46. The number of piperidine rings is 1. The molecular weight excluding hydrogens is 198 g/mol. The van der Waals surface area contributed by atoms with Crippen LogP contribution >= 0.6 is 0 Å². The largest absolute Gasteiger partial charge is 0.478 e. The lowest BCUT2D eigenvalue weighted by Gasteiger charge is -2.31. The van der Waals surface area contributed by atoms with Crippen molar-refractivity contribution in [2.24, 2.45) is 0 Å². The van der Waals surface area contributed by atoms with Gasteiger partial charge in [-0.2, -0.15) is 0 Å². The molecule has 1 aliphatic rings. The molecule has 0 saturated carbocycles. The predicted molar refractivity (Wildman–Crippen MR) is 53.4 cm³/mol. The van der Waals surface area contributed by atoms with Crippen LogP contribution < -0.4 is 0 Å². The maximum Gasteiger partial charge on any atom is 0.328 e. The first-order chi connectivity index (χ1) is 7.13. The molecule has 0 bridgehead atoms. The molecule has 0 radical (unpaired) electrons. The molecule has 0 aliphatic carbocycles. The molecule has 1 aliphatic heterocycles. The van der Waals surface area contributed by atoms with Crippen LogP contribution in [0.25, 0.3) is 0 Å². The Labute approximate surface area is 88.3 Å². The van der Waals surface area contributed by atoms with Crippen LogP contribution in [0.4, 0.5) is 0 Å². The fourth-order valence-electron chi connectivity index (χ4n) is 1.58. The Kier molecular flexibility index (Phi) is 4.30. The molecule has 1 heterocycles. The summed E-state index contributed by atoms with van der Waals surface area (Å²) in [6.07, 6.45) is 3.86. The SMILES string of the molecule is CO[C@@H]1CCCN(C(=O)/C=C/C(=O)O)C1. The van der Waals surface area contributed by atoms with Gasteiger partial charge in [-0.15, -0.1) is 0 Å². The summed E-state index contributed by atoms with van der Waals surface area (Å²) in [6.45, 7) is 1.21. The Morgan fingerprint density at radius 1 is 1.47 bits per heavy atom. The van der Waals surface area contributed by atoms with Gasteiger partial charge in [-0.3, -0.25) is 4.79 Å². The van der Waals surface area contributed by atoms with E-state index in [0.717, 1.165) is 25.0 Å². The summed E-state index contributed by atoms with van der Waals surface area (Å²) >= 11 is 0. The van der Waals surface area contributed by atoms with E-state index in [-0.39, 0.29) is 12.0 Å². The van der Waals surface area contributed by atoms with E-state index in [0.29, 0.717) is 13.1 Å². The Hall–Kier alpha value is -1.36. The van der Waals surface area contributed by atoms with Crippen LogP contribution in [0.15, 0.2) is 12.2 Å². The fraction of sp³-hybridized carbons (Fsp3) is 0.600. The normalized spacial score (nSPS) is 21.9. The van der Waals surface area contributed by atoms with Crippen molar-refractivity contribution in [2.75, 3.05) is 20.2 Å². The van der Waals surface area contributed by atoms with Gasteiger partial charge < -0.3 is 14.7 Å². The lowest BCUT2D eigenvalue weighted by Crippen LogP contribution is -2.42. The lowest BCUT2D eigenvalue weighted by molar-refractivity contribution is -0.133. The van der Waals surface area contributed by atoms with E-state index in [1.165, 1.54) is 0 Å². The number of rotatable bonds is 3. The molecular formula is C10H15NO4. The molecule has 15 heavy (non-hydrogen) atoms. The third-order valence-electron chi connectivity index (χ3n) is 2.39. The Morgan fingerprint density at radius 2 is 2.20 bits per heavy atom. The van der Waals surface area contributed by atoms with Gasteiger partial charge in [0.25, 0.3) is 0 Å². The first kappa shape index (κ1) is 11.7. The van der Waals surface area contributed by atoms with E-state index < -0.39 is 5.97 Å². The quantitative estimate of drug-likeness (QED) is 0.683. The maximum absolute atomic E-state index is 11.5. The zero-order chi connectivity index (χ0) is 11.3. The van der Waals surface area contributed by atoms with Gasteiger partial charge in [0.15, 0.2) is 0 Å². The van der Waals surface area contributed by atoms with Gasteiger partial charge in [-0.25, -0.2) is 4.79 Å². The number of carbonyl (C=O) groups excluding carboxylic acids is 1. The van der Waals surface area contributed by atoms with Crippen LogP contribution in [0.1, 0.15) is 12.8 Å². The number of likely N-dealkylation sites (tertiary alicyclic amines) is 1. The first-order valence-corrected chi connectivity index (χ1v) is 4.86. The monoisotopic (exact) mass is 213 g/mol. The Balaban J connectivity index is 2.48. The molecule has 1 amide bonds. The minimum atomic E-state index is -1.11. The molecule has 1 rings (SSSR count). The number of methoxy groups -OCH3 is 1. The molecule has 1 saturated heterocycles. The number of hydrogen-bond acceptors (Lipinski definition) is 3. The van der Waals surface area contributed by atoms with Crippen molar-refractivity contribution in [3.8, 4) is 0 Å². The third kappa shape index (κ3) is 3.71. The maximum atomic E-state index is 11.5. The molecule has 1 atom stereocenters. The van der Waals surface area contributed by atoms with Gasteiger partial charge in [-0.05, 0) is 12.8 Å². The second kappa shape index (κ2) is 5.50. The Morgan fingerprint density at radius 3 is 2.80 bits per heavy atom. The van der Waals surface area contributed by atoms with Crippen LogP contribution in [0.5, 0.6) is 0 Å². The number of hydrogen-bond donors (Lipinski definition) is 1. The fourth-order valence-corrected chi connectivity index (χ4v) is 1.58. The molecule has 0 spiro atoms. The van der Waals surface area contributed by atoms with Crippen molar-refractivity contribution < 1.29 is 19.4 Å². The molecule has 5 heteroatoms. The summed E-state index contributed by atoms with van der Waals surface area (Å²) in [5, 5.41) is 8.38. The van der Waals surface area contributed by atoms with Gasteiger partial charge in [0.05, 0.1) is 6.10 Å². The number of aliphatic carboxylic acids is 1.